The van der Waals surface area contributed by atoms with Gasteiger partial charge in [0.2, 0.25) is 5.91 Å². The van der Waals surface area contributed by atoms with E-state index in [1.165, 1.54) is 6.33 Å². The highest BCUT2D eigenvalue weighted by Crippen LogP contribution is 2.40. The van der Waals surface area contributed by atoms with Gasteiger partial charge in [-0.3, -0.25) is 9.69 Å². The van der Waals surface area contributed by atoms with E-state index in [1.807, 2.05) is 4.90 Å². The van der Waals surface area contributed by atoms with Crippen LogP contribution in [0.5, 0.6) is 0 Å². The number of hydrogen-bond donors (Lipinski definition) is 0. The topological polar surface area (TPSA) is 54.3 Å². The Hall–Kier alpha value is -1.18. The average molecular weight is 413 g/mol. The summed E-state index contributed by atoms with van der Waals surface area (Å²) in [5, 5.41) is 1.37. The van der Waals surface area contributed by atoms with E-state index < -0.39 is 0 Å². The second-order valence-electron chi connectivity index (χ2n) is 6.57. The summed E-state index contributed by atoms with van der Waals surface area (Å²) in [5.74, 6) is 0.182. The molecule has 0 unspecified atom stereocenters. The molecular weight excluding hydrogens is 394 g/mol. The van der Waals surface area contributed by atoms with Crippen LogP contribution < -0.4 is 0 Å². The third-order valence-electron chi connectivity index (χ3n) is 5.27. The lowest BCUT2D eigenvalue weighted by Gasteiger charge is -2.46. The largest absolute Gasteiger partial charge is 0.340 e. The first-order valence-electron chi connectivity index (χ1n) is 8.20. The molecule has 0 radical (unpaired) electrons. The van der Waals surface area contributed by atoms with Crippen molar-refractivity contribution in [2.75, 3.05) is 26.2 Å². The van der Waals surface area contributed by atoms with Crippen LogP contribution >= 0.6 is 27.5 Å². The average Bonchev–Trinajstić information content (AvgIpc) is 2.85. The molecular formula is C16H19BrClN5O. The summed E-state index contributed by atoms with van der Waals surface area (Å²) in [6.07, 6.45) is 5.81. The quantitative estimate of drug-likeness (QED) is 0.712. The van der Waals surface area contributed by atoms with Gasteiger partial charge >= 0.3 is 0 Å². The molecule has 2 fully saturated rings. The van der Waals surface area contributed by atoms with Crippen molar-refractivity contribution in [2.45, 2.75) is 31.8 Å². The molecule has 0 atom stereocenters. The molecule has 6 nitrogen and oxygen atoms in total. The number of fused-ring (bicyclic) bond motifs is 1. The second-order valence-corrected chi connectivity index (χ2v) is 7.78. The Morgan fingerprint density at radius 2 is 1.92 bits per heavy atom. The van der Waals surface area contributed by atoms with E-state index in [1.54, 1.807) is 6.92 Å². The van der Waals surface area contributed by atoms with Gasteiger partial charge in [-0.2, -0.15) is 0 Å². The van der Waals surface area contributed by atoms with E-state index in [9.17, 15) is 4.79 Å². The molecule has 4 rings (SSSR count). The fourth-order valence-electron chi connectivity index (χ4n) is 3.77. The van der Waals surface area contributed by atoms with Crippen LogP contribution in [0.1, 0.15) is 25.8 Å². The monoisotopic (exact) mass is 411 g/mol. The summed E-state index contributed by atoms with van der Waals surface area (Å²) >= 11 is 9.77. The molecule has 2 aromatic heterocycles. The Kier molecular flexibility index (Phi) is 4.26. The maximum atomic E-state index is 11.4. The number of carbonyl (C=O) groups is 1. The molecule has 1 saturated carbocycles. The zero-order chi connectivity index (χ0) is 16.8. The minimum atomic E-state index is 0.182. The molecule has 8 heteroatoms. The van der Waals surface area contributed by atoms with Crippen molar-refractivity contribution in [3.63, 3.8) is 0 Å². The first-order valence-corrected chi connectivity index (χ1v) is 9.38. The van der Waals surface area contributed by atoms with Crippen molar-refractivity contribution in [1.82, 2.24) is 24.3 Å². The summed E-state index contributed by atoms with van der Waals surface area (Å²) < 4.78 is 3.16. The molecule has 1 aliphatic heterocycles. The second kappa shape index (κ2) is 6.28. The van der Waals surface area contributed by atoms with E-state index in [2.05, 4.69) is 41.6 Å². The van der Waals surface area contributed by atoms with Crippen LogP contribution in [0.3, 0.4) is 0 Å². The molecule has 1 aliphatic carbocycles. The van der Waals surface area contributed by atoms with E-state index >= 15 is 0 Å². The lowest BCUT2D eigenvalue weighted by molar-refractivity contribution is -0.131. The number of amides is 1. The van der Waals surface area contributed by atoms with Gasteiger partial charge in [-0.25, -0.2) is 9.97 Å². The number of nitrogens with zero attached hydrogens (tertiary/aromatic N) is 5. The summed E-state index contributed by atoms with van der Waals surface area (Å²) in [4.78, 5) is 24.3. The Morgan fingerprint density at radius 1 is 1.21 bits per heavy atom. The summed E-state index contributed by atoms with van der Waals surface area (Å²) in [7, 11) is 0. The molecule has 2 aliphatic rings. The van der Waals surface area contributed by atoms with Crippen LogP contribution in [0.15, 0.2) is 17.0 Å². The lowest BCUT2D eigenvalue weighted by Crippen LogP contribution is -2.54. The van der Waals surface area contributed by atoms with Gasteiger partial charge in [0.15, 0.2) is 0 Å². The minimum absolute atomic E-state index is 0.182. The fourth-order valence-corrected chi connectivity index (χ4v) is 4.70. The number of rotatable bonds is 2. The van der Waals surface area contributed by atoms with E-state index in [0.29, 0.717) is 17.2 Å². The van der Waals surface area contributed by atoms with Gasteiger partial charge in [0.25, 0.3) is 0 Å². The Balaban J connectivity index is 1.43. The summed E-state index contributed by atoms with van der Waals surface area (Å²) in [6.45, 7) is 5.29. The van der Waals surface area contributed by atoms with Gasteiger partial charge < -0.3 is 9.47 Å². The molecule has 3 heterocycles. The van der Waals surface area contributed by atoms with Crippen LogP contribution in [-0.4, -0.2) is 62.5 Å². The highest BCUT2D eigenvalue weighted by molar-refractivity contribution is 9.10. The highest BCUT2D eigenvalue weighted by atomic mass is 79.9. The van der Waals surface area contributed by atoms with Gasteiger partial charge in [0.05, 0.1) is 5.39 Å². The molecule has 2 aromatic rings. The van der Waals surface area contributed by atoms with Crippen LogP contribution in [-0.2, 0) is 4.79 Å². The van der Waals surface area contributed by atoms with Gasteiger partial charge in [-0.15, -0.1) is 0 Å². The first-order chi connectivity index (χ1) is 11.5. The Labute approximate surface area is 153 Å². The number of carbonyl (C=O) groups excluding carboxylic acids is 1. The van der Waals surface area contributed by atoms with Crippen LogP contribution in [0, 0.1) is 0 Å². The summed E-state index contributed by atoms with van der Waals surface area (Å²) in [6, 6.07) is 1.04. The van der Waals surface area contributed by atoms with Crippen molar-refractivity contribution in [3.05, 3.63) is 22.1 Å². The standard InChI is InChI=1S/C16H19BrClN5O/c1-10(24)21-2-4-22(5-3-21)11-6-12(7-11)23-8-13(17)14-15(18)19-9-20-16(14)23/h8-9,11-12H,2-7H2,1H3/t11-,12-. The molecule has 0 bridgehead atoms. The summed E-state index contributed by atoms with van der Waals surface area (Å²) in [5.41, 5.74) is 0.895. The van der Waals surface area contributed by atoms with Crippen molar-refractivity contribution >= 4 is 44.5 Å². The number of hydrogen-bond acceptors (Lipinski definition) is 4. The van der Waals surface area contributed by atoms with E-state index in [-0.39, 0.29) is 5.91 Å². The van der Waals surface area contributed by atoms with Crippen LogP contribution in [0.2, 0.25) is 5.15 Å². The molecule has 0 aromatic carbocycles. The van der Waals surface area contributed by atoms with Crippen molar-refractivity contribution in [1.29, 1.82) is 0 Å². The van der Waals surface area contributed by atoms with Crippen LogP contribution in [0.4, 0.5) is 0 Å². The minimum Gasteiger partial charge on any atom is -0.340 e. The zero-order valence-corrected chi connectivity index (χ0v) is 15.8. The fraction of sp³-hybridized carbons (Fsp3) is 0.562. The van der Waals surface area contributed by atoms with Crippen molar-refractivity contribution < 1.29 is 4.79 Å². The molecule has 1 saturated heterocycles. The molecule has 1 amide bonds. The van der Waals surface area contributed by atoms with E-state index in [0.717, 1.165) is 54.5 Å². The van der Waals surface area contributed by atoms with E-state index in [4.69, 9.17) is 11.6 Å². The zero-order valence-electron chi connectivity index (χ0n) is 13.5. The van der Waals surface area contributed by atoms with Gasteiger partial charge in [0.1, 0.15) is 17.1 Å². The maximum absolute atomic E-state index is 11.4. The smallest absolute Gasteiger partial charge is 0.219 e. The molecule has 24 heavy (non-hydrogen) atoms. The normalized spacial score (nSPS) is 25.0. The van der Waals surface area contributed by atoms with Crippen LogP contribution in [0.25, 0.3) is 11.0 Å². The lowest BCUT2D eigenvalue weighted by atomic mass is 9.85. The van der Waals surface area contributed by atoms with Gasteiger partial charge in [-0.1, -0.05) is 11.6 Å². The molecule has 0 N–H and O–H groups in total. The molecule has 0 spiro atoms. The highest BCUT2D eigenvalue weighted by Gasteiger charge is 2.37. The Morgan fingerprint density at radius 3 is 2.58 bits per heavy atom. The predicted octanol–water partition coefficient (Wildman–Crippen LogP) is 2.71. The number of aromatic nitrogens is 3. The molecule has 128 valence electrons. The van der Waals surface area contributed by atoms with Crippen molar-refractivity contribution in [2.24, 2.45) is 0 Å². The number of piperazine rings is 1. The Bertz CT molecular complexity index is 780. The van der Waals surface area contributed by atoms with Gasteiger partial charge in [-0.05, 0) is 28.8 Å². The third-order valence-corrected chi connectivity index (χ3v) is 6.16. The predicted molar refractivity (Wildman–Crippen MR) is 96.1 cm³/mol. The number of halogens is 2. The van der Waals surface area contributed by atoms with Gasteiger partial charge in [0, 0.05) is 55.9 Å². The first kappa shape index (κ1) is 16.3. The third kappa shape index (κ3) is 2.72. The maximum Gasteiger partial charge on any atom is 0.219 e. The SMILES string of the molecule is CC(=O)N1CCN([C@H]2C[C@H](n3cc(Br)c4c(Cl)ncnc43)C2)CC1. The van der Waals surface area contributed by atoms with Crippen molar-refractivity contribution in [3.8, 4) is 0 Å².